The second kappa shape index (κ2) is 3.09. The molecule has 2 heterocycles. The number of aromatic nitrogens is 1. The quantitative estimate of drug-likeness (QED) is 0.628. The van der Waals surface area contributed by atoms with Crippen molar-refractivity contribution in [2.24, 2.45) is 0 Å². The van der Waals surface area contributed by atoms with Crippen LogP contribution in [0.2, 0.25) is 0 Å². The lowest BCUT2D eigenvalue weighted by Crippen LogP contribution is -2.18. The Kier molecular flexibility index (Phi) is 1.94. The molecule has 0 aliphatic carbocycles. The molecule has 2 rings (SSSR count). The summed E-state index contributed by atoms with van der Waals surface area (Å²) in [6, 6.07) is 1.71. The normalized spacial score (nSPS) is 16.9. The molecule has 0 saturated carbocycles. The summed E-state index contributed by atoms with van der Waals surface area (Å²) in [4.78, 5) is 5.62. The van der Waals surface area contributed by atoms with Crippen molar-refractivity contribution in [3.63, 3.8) is 0 Å². The van der Waals surface area contributed by atoms with Crippen molar-refractivity contribution < 1.29 is 4.39 Å². The van der Waals surface area contributed by atoms with Gasteiger partial charge in [-0.3, -0.25) is 4.98 Å². The van der Waals surface area contributed by atoms with Crippen molar-refractivity contribution >= 4 is 5.69 Å². The van der Waals surface area contributed by atoms with E-state index in [1.807, 2.05) is 4.90 Å². The molecule has 1 radical (unpaired) electrons. The Balaban J connectivity index is 2.26. The molecule has 0 aromatic carbocycles. The van der Waals surface area contributed by atoms with Crippen LogP contribution in [0.1, 0.15) is 12.8 Å². The number of pyridine rings is 1. The Labute approximate surface area is 71.0 Å². The molecule has 0 amide bonds. The zero-order valence-corrected chi connectivity index (χ0v) is 6.76. The Morgan fingerprint density at radius 2 is 2.17 bits per heavy atom. The second-order valence-electron chi connectivity index (χ2n) is 2.95. The number of nitrogens with zero attached hydrogens (tertiary/aromatic N) is 2. The standard InChI is InChI=1S/C9H10FN2/c10-8-7-11-4-3-9(8)12-5-1-2-6-12/h3-4H,1-2,5-6H2. The van der Waals surface area contributed by atoms with E-state index in [1.165, 1.54) is 0 Å². The smallest absolute Gasteiger partial charge is 0.174 e. The maximum Gasteiger partial charge on any atom is 0.174 e. The van der Waals surface area contributed by atoms with E-state index in [2.05, 4.69) is 11.2 Å². The van der Waals surface area contributed by atoms with Gasteiger partial charge in [0, 0.05) is 19.3 Å². The molecule has 1 saturated heterocycles. The fourth-order valence-electron chi connectivity index (χ4n) is 1.53. The highest BCUT2D eigenvalue weighted by Gasteiger charge is 2.15. The lowest BCUT2D eigenvalue weighted by atomic mass is 10.3. The predicted octanol–water partition coefficient (Wildman–Crippen LogP) is 1.62. The van der Waals surface area contributed by atoms with Gasteiger partial charge < -0.3 is 4.90 Å². The van der Waals surface area contributed by atoms with Gasteiger partial charge in [-0.1, -0.05) is 0 Å². The molecule has 0 bridgehead atoms. The van der Waals surface area contributed by atoms with Crippen LogP contribution in [0.4, 0.5) is 10.1 Å². The number of anilines is 1. The van der Waals surface area contributed by atoms with E-state index in [4.69, 9.17) is 0 Å². The van der Waals surface area contributed by atoms with Gasteiger partial charge in [-0.15, -0.1) is 0 Å². The molecule has 0 atom stereocenters. The predicted molar refractivity (Wildman–Crippen MR) is 44.5 cm³/mol. The SMILES string of the molecule is Fc1[c]nccc1N1CCCC1. The molecule has 1 aliphatic rings. The van der Waals surface area contributed by atoms with Crippen LogP contribution in [0.25, 0.3) is 0 Å². The molecule has 0 N–H and O–H groups in total. The van der Waals surface area contributed by atoms with Crippen LogP contribution in [0, 0.1) is 12.0 Å². The maximum absolute atomic E-state index is 13.1. The van der Waals surface area contributed by atoms with Crippen molar-refractivity contribution in [3.05, 3.63) is 24.3 Å². The number of halogens is 1. The van der Waals surface area contributed by atoms with E-state index in [9.17, 15) is 4.39 Å². The summed E-state index contributed by atoms with van der Waals surface area (Å²) in [5.41, 5.74) is 0.641. The Morgan fingerprint density at radius 1 is 1.42 bits per heavy atom. The average molecular weight is 165 g/mol. The van der Waals surface area contributed by atoms with Gasteiger partial charge in [0.15, 0.2) is 5.82 Å². The summed E-state index contributed by atoms with van der Waals surface area (Å²) in [7, 11) is 0. The third-order valence-corrected chi connectivity index (χ3v) is 2.14. The minimum Gasteiger partial charge on any atom is -0.369 e. The second-order valence-corrected chi connectivity index (χ2v) is 2.95. The largest absolute Gasteiger partial charge is 0.369 e. The van der Waals surface area contributed by atoms with E-state index in [0.717, 1.165) is 25.9 Å². The zero-order valence-electron chi connectivity index (χ0n) is 6.76. The molecule has 0 spiro atoms. The molecular weight excluding hydrogens is 155 g/mol. The number of rotatable bonds is 1. The fourth-order valence-corrected chi connectivity index (χ4v) is 1.53. The van der Waals surface area contributed by atoms with Gasteiger partial charge >= 0.3 is 0 Å². The fraction of sp³-hybridized carbons (Fsp3) is 0.444. The first-order valence-corrected chi connectivity index (χ1v) is 4.15. The summed E-state index contributed by atoms with van der Waals surface area (Å²) in [5.74, 6) is -0.334. The van der Waals surface area contributed by atoms with Crippen LogP contribution in [-0.4, -0.2) is 18.1 Å². The van der Waals surface area contributed by atoms with Crippen LogP contribution in [0.3, 0.4) is 0 Å². The van der Waals surface area contributed by atoms with Gasteiger partial charge in [-0.25, -0.2) is 4.39 Å². The van der Waals surface area contributed by atoms with E-state index >= 15 is 0 Å². The van der Waals surface area contributed by atoms with Gasteiger partial charge in [0.05, 0.1) is 5.69 Å². The zero-order chi connectivity index (χ0) is 8.39. The molecule has 1 aromatic rings. The van der Waals surface area contributed by atoms with Crippen molar-refractivity contribution in [2.45, 2.75) is 12.8 Å². The lowest BCUT2D eigenvalue weighted by molar-refractivity contribution is 0.614. The summed E-state index contributed by atoms with van der Waals surface area (Å²) >= 11 is 0. The first-order valence-electron chi connectivity index (χ1n) is 4.15. The molecule has 1 aromatic heterocycles. The molecule has 12 heavy (non-hydrogen) atoms. The minimum atomic E-state index is -0.334. The summed E-state index contributed by atoms with van der Waals surface area (Å²) in [5, 5.41) is 0. The van der Waals surface area contributed by atoms with Gasteiger partial charge in [0.2, 0.25) is 0 Å². The highest BCUT2D eigenvalue weighted by molar-refractivity contribution is 5.46. The van der Waals surface area contributed by atoms with Crippen molar-refractivity contribution in [1.82, 2.24) is 4.98 Å². The molecule has 63 valence electrons. The average Bonchev–Trinajstić information content (AvgIpc) is 2.57. The Morgan fingerprint density at radius 3 is 2.83 bits per heavy atom. The lowest BCUT2D eigenvalue weighted by Gasteiger charge is -2.16. The van der Waals surface area contributed by atoms with Gasteiger partial charge in [-0.2, -0.15) is 0 Å². The molecule has 0 unspecified atom stereocenters. The highest BCUT2D eigenvalue weighted by Crippen LogP contribution is 2.21. The van der Waals surface area contributed by atoms with Crippen LogP contribution in [-0.2, 0) is 0 Å². The molecule has 3 heteroatoms. The van der Waals surface area contributed by atoms with Crippen LogP contribution >= 0.6 is 0 Å². The van der Waals surface area contributed by atoms with E-state index in [0.29, 0.717) is 5.69 Å². The van der Waals surface area contributed by atoms with Crippen molar-refractivity contribution in [1.29, 1.82) is 0 Å². The Bertz CT molecular complexity index is 269. The molecule has 1 fully saturated rings. The van der Waals surface area contributed by atoms with Crippen LogP contribution in [0.5, 0.6) is 0 Å². The van der Waals surface area contributed by atoms with Crippen LogP contribution < -0.4 is 4.90 Å². The highest BCUT2D eigenvalue weighted by atomic mass is 19.1. The molecular formula is C9H10FN2. The summed E-state index contributed by atoms with van der Waals surface area (Å²) < 4.78 is 13.1. The number of hydrogen-bond donors (Lipinski definition) is 0. The minimum absolute atomic E-state index is 0.334. The first kappa shape index (κ1) is 7.53. The van der Waals surface area contributed by atoms with E-state index in [-0.39, 0.29) is 5.82 Å². The van der Waals surface area contributed by atoms with Crippen molar-refractivity contribution in [2.75, 3.05) is 18.0 Å². The van der Waals surface area contributed by atoms with Gasteiger partial charge in [0.1, 0.15) is 6.20 Å². The van der Waals surface area contributed by atoms with Gasteiger partial charge in [-0.05, 0) is 18.9 Å². The topological polar surface area (TPSA) is 16.1 Å². The van der Waals surface area contributed by atoms with Gasteiger partial charge in [0.25, 0.3) is 0 Å². The maximum atomic E-state index is 13.1. The van der Waals surface area contributed by atoms with Crippen LogP contribution in [0.15, 0.2) is 12.3 Å². The molecule has 2 nitrogen and oxygen atoms in total. The summed E-state index contributed by atoms with van der Waals surface area (Å²) in [6.45, 7) is 1.91. The monoisotopic (exact) mass is 165 g/mol. The number of hydrogen-bond acceptors (Lipinski definition) is 2. The third kappa shape index (κ3) is 1.26. The third-order valence-electron chi connectivity index (χ3n) is 2.14. The van der Waals surface area contributed by atoms with Crippen molar-refractivity contribution in [3.8, 4) is 0 Å². The first-order chi connectivity index (χ1) is 5.88. The summed E-state index contributed by atoms with van der Waals surface area (Å²) in [6.07, 6.45) is 6.21. The Hall–Kier alpha value is -1.12. The van der Waals surface area contributed by atoms with E-state index in [1.54, 1.807) is 12.3 Å². The van der Waals surface area contributed by atoms with E-state index < -0.39 is 0 Å². The molecule has 1 aliphatic heterocycles.